The van der Waals surface area contributed by atoms with Gasteiger partial charge in [0.2, 0.25) is 0 Å². The Morgan fingerprint density at radius 2 is 1.86 bits per heavy atom. The van der Waals surface area contributed by atoms with Gasteiger partial charge in [0.05, 0.1) is 13.2 Å². The van der Waals surface area contributed by atoms with E-state index >= 15 is 0 Å². The number of hydrogen-bond donors (Lipinski definition) is 3. The molecule has 0 atom stereocenters. The molecule has 1 fully saturated rings. The van der Waals surface area contributed by atoms with Gasteiger partial charge in [-0.3, -0.25) is 0 Å². The lowest BCUT2D eigenvalue weighted by molar-refractivity contribution is 0.0963. The van der Waals surface area contributed by atoms with Gasteiger partial charge in [0.1, 0.15) is 5.75 Å². The van der Waals surface area contributed by atoms with Crippen LogP contribution < -0.4 is 10.6 Å². The van der Waals surface area contributed by atoms with Crippen molar-refractivity contribution in [3.63, 3.8) is 0 Å². The van der Waals surface area contributed by atoms with Crippen molar-refractivity contribution in [3.8, 4) is 5.75 Å². The summed E-state index contributed by atoms with van der Waals surface area (Å²) in [6.45, 7) is 10.8. The Labute approximate surface area is 185 Å². The summed E-state index contributed by atoms with van der Waals surface area (Å²) in [7, 11) is 0. The molecule has 0 unspecified atom stereocenters. The minimum atomic E-state index is -0.227. The molecule has 1 saturated heterocycles. The van der Waals surface area contributed by atoms with Crippen LogP contribution in [0.4, 0.5) is 4.79 Å². The molecule has 1 aromatic rings. The van der Waals surface area contributed by atoms with Gasteiger partial charge in [-0.1, -0.05) is 12.1 Å². The fourth-order valence-corrected chi connectivity index (χ4v) is 3.24. The van der Waals surface area contributed by atoms with Crippen molar-refractivity contribution in [2.24, 2.45) is 4.99 Å². The van der Waals surface area contributed by atoms with Crippen molar-refractivity contribution >= 4 is 36.0 Å². The monoisotopic (exact) mass is 504 g/mol. The first kappa shape index (κ1) is 24.3. The number of nitrogens with zero attached hydrogens (tertiary/aromatic N) is 2. The van der Waals surface area contributed by atoms with Gasteiger partial charge in [0, 0.05) is 25.7 Å². The number of phenols is 1. The molecule has 1 heterocycles. The summed E-state index contributed by atoms with van der Waals surface area (Å²) >= 11 is 0. The third-order valence-electron chi connectivity index (χ3n) is 4.68. The minimum absolute atomic E-state index is 0. The zero-order valence-electron chi connectivity index (χ0n) is 17.2. The summed E-state index contributed by atoms with van der Waals surface area (Å²) in [5, 5.41) is 16.7. The van der Waals surface area contributed by atoms with Crippen LogP contribution in [-0.2, 0) is 11.3 Å². The maximum atomic E-state index is 11.8. The highest BCUT2D eigenvalue weighted by Crippen LogP contribution is 2.23. The molecule has 0 bridgehead atoms. The number of carbonyl (C=O) groups is 1. The first-order valence-corrected chi connectivity index (χ1v) is 9.70. The topological polar surface area (TPSA) is 86.2 Å². The number of phenolic OH excluding ortho intramolecular Hbond substituents is 1. The van der Waals surface area contributed by atoms with Gasteiger partial charge in [-0.2, -0.15) is 0 Å². The SMILES string of the molecule is CCNC(=NCc1cc(C)c(O)c(C)c1)NC1CCN(C(=O)OCC)CC1.I. The number of aryl methyl sites for hydroxylation is 2. The maximum absolute atomic E-state index is 11.8. The number of benzene rings is 1. The summed E-state index contributed by atoms with van der Waals surface area (Å²) < 4.78 is 5.06. The van der Waals surface area contributed by atoms with Crippen LogP contribution in [0.1, 0.15) is 43.4 Å². The van der Waals surface area contributed by atoms with E-state index in [0.717, 1.165) is 42.0 Å². The number of amides is 1. The molecule has 28 heavy (non-hydrogen) atoms. The molecule has 1 aliphatic rings. The van der Waals surface area contributed by atoms with Gasteiger partial charge in [0.25, 0.3) is 0 Å². The summed E-state index contributed by atoms with van der Waals surface area (Å²) in [4.78, 5) is 18.2. The van der Waals surface area contributed by atoms with E-state index in [0.29, 0.717) is 32.0 Å². The Bertz CT molecular complexity index is 650. The normalized spacial score (nSPS) is 15.0. The van der Waals surface area contributed by atoms with Gasteiger partial charge in [-0.25, -0.2) is 9.79 Å². The third-order valence-corrected chi connectivity index (χ3v) is 4.68. The van der Waals surface area contributed by atoms with Crippen LogP contribution in [0.2, 0.25) is 0 Å². The van der Waals surface area contributed by atoms with E-state index < -0.39 is 0 Å². The standard InChI is InChI=1S/C20H32N4O3.HI/c1-5-21-19(22-13-16-11-14(3)18(25)15(4)12-16)23-17-7-9-24(10-8-17)20(26)27-6-2;/h11-12,17,25H,5-10,13H2,1-4H3,(H2,21,22,23);1H. The van der Waals surface area contributed by atoms with Gasteiger partial charge in [-0.15, -0.1) is 24.0 Å². The lowest BCUT2D eigenvalue weighted by atomic mass is 10.1. The number of aliphatic imine (C=N–C) groups is 1. The number of rotatable bonds is 5. The van der Waals surface area contributed by atoms with Crippen molar-refractivity contribution in [2.45, 2.75) is 53.1 Å². The molecule has 0 aromatic heterocycles. The number of guanidine groups is 1. The molecule has 1 amide bonds. The van der Waals surface area contributed by atoms with E-state index in [1.165, 1.54) is 0 Å². The summed E-state index contributed by atoms with van der Waals surface area (Å²) in [5.74, 6) is 1.12. The third kappa shape index (κ3) is 7.03. The van der Waals surface area contributed by atoms with E-state index in [1.807, 2.05) is 39.8 Å². The molecule has 0 radical (unpaired) electrons. The smallest absolute Gasteiger partial charge is 0.409 e. The summed E-state index contributed by atoms with van der Waals surface area (Å²) in [6, 6.07) is 4.21. The van der Waals surface area contributed by atoms with Crippen LogP contribution in [0.15, 0.2) is 17.1 Å². The highest BCUT2D eigenvalue weighted by Gasteiger charge is 2.24. The van der Waals surface area contributed by atoms with E-state index in [9.17, 15) is 9.90 Å². The fourth-order valence-electron chi connectivity index (χ4n) is 3.24. The lowest BCUT2D eigenvalue weighted by Gasteiger charge is -2.32. The molecule has 1 aromatic carbocycles. The largest absolute Gasteiger partial charge is 0.507 e. The number of piperidine rings is 1. The van der Waals surface area contributed by atoms with Crippen LogP contribution in [0, 0.1) is 13.8 Å². The number of ether oxygens (including phenoxy) is 1. The molecule has 1 aliphatic heterocycles. The second kappa shape index (κ2) is 12.0. The van der Waals surface area contributed by atoms with E-state index in [2.05, 4.69) is 15.6 Å². The van der Waals surface area contributed by atoms with Crippen molar-refractivity contribution in [1.82, 2.24) is 15.5 Å². The van der Waals surface area contributed by atoms with Crippen molar-refractivity contribution in [3.05, 3.63) is 28.8 Å². The molecular weight excluding hydrogens is 471 g/mol. The Balaban J connectivity index is 0.00000392. The van der Waals surface area contributed by atoms with E-state index in [1.54, 1.807) is 4.90 Å². The average Bonchev–Trinajstić information content (AvgIpc) is 2.65. The van der Waals surface area contributed by atoms with Crippen LogP contribution in [0.5, 0.6) is 5.75 Å². The van der Waals surface area contributed by atoms with Gasteiger partial charge in [0.15, 0.2) is 5.96 Å². The van der Waals surface area contributed by atoms with Gasteiger partial charge in [-0.05, 0) is 57.2 Å². The van der Waals surface area contributed by atoms with Crippen molar-refractivity contribution in [2.75, 3.05) is 26.2 Å². The zero-order valence-corrected chi connectivity index (χ0v) is 19.6. The van der Waals surface area contributed by atoms with Gasteiger partial charge < -0.3 is 25.4 Å². The second-order valence-electron chi connectivity index (χ2n) is 6.88. The molecule has 0 saturated carbocycles. The number of likely N-dealkylation sites (tertiary alicyclic amines) is 1. The first-order valence-electron chi connectivity index (χ1n) is 9.70. The molecule has 0 spiro atoms. The fraction of sp³-hybridized carbons (Fsp3) is 0.600. The Morgan fingerprint density at radius 1 is 1.25 bits per heavy atom. The number of nitrogens with one attached hydrogen (secondary N) is 2. The highest BCUT2D eigenvalue weighted by atomic mass is 127. The van der Waals surface area contributed by atoms with E-state index in [4.69, 9.17) is 4.74 Å². The number of hydrogen-bond acceptors (Lipinski definition) is 4. The first-order chi connectivity index (χ1) is 12.9. The second-order valence-corrected chi connectivity index (χ2v) is 6.88. The highest BCUT2D eigenvalue weighted by molar-refractivity contribution is 14.0. The molecular formula is C20H33IN4O3. The predicted molar refractivity (Wildman–Crippen MR) is 123 cm³/mol. The number of carbonyl (C=O) groups excluding carboxylic acids is 1. The maximum Gasteiger partial charge on any atom is 0.409 e. The Kier molecular flexibility index (Phi) is 10.4. The molecule has 3 N–H and O–H groups in total. The lowest BCUT2D eigenvalue weighted by Crippen LogP contribution is -2.49. The Morgan fingerprint density at radius 3 is 2.39 bits per heavy atom. The molecule has 8 heteroatoms. The van der Waals surface area contributed by atoms with E-state index in [-0.39, 0.29) is 36.1 Å². The van der Waals surface area contributed by atoms with Crippen molar-refractivity contribution < 1.29 is 14.6 Å². The number of aromatic hydroxyl groups is 1. The number of halogens is 1. The zero-order chi connectivity index (χ0) is 19.8. The van der Waals surface area contributed by atoms with Crippen LogP contribution in [0.3, 0.4) is 0 Å². The average molecular weight is 504 g/mol. The van der Waals surface area contributed by atoms with Gasteiger partial charge >= 0.3 is 6.09 Å². The minimum Gasteiger partial charge on any atom is -0.507 e. The molecule has 158 valence electrons. The molecule has 7 nitrogen and oxygen atoms in total. The van der Waals surface area contributed by atoms with Crippen LogP contribution in [-0.4, -0.2) is 54.3 Å². The molecule has 0 aliphatic carbocycles. The predicted octanol–water partition coefficient (Wildman–Crippen LogP) is 3.30. The quantitative estimate of drug-likeness (QED) is 0.326. The Hall–Kier alpha value is -1.71. The van der Waals surface area contributed by atoms with Crippen LogP contribution >= 0.6 is 24.0 Å². The summed E-state index contributed by atoms with van der Waals surface area (Å²) in [6.07, 6.45) is 1.50. The van der Waals surface area contributed by atoms with Crippen LogP contribution in [0.25, 0.3) is 0 Å². The molecule has 2 rings (SSSR count). The summed E-state index contributed by atoms with van der Waals surface area (Å²) in [5.41, 5.74) is 2.80. The van der Waals surface area contributed by atoms with Crippen molar-refractivity contribution in [1.29, 1.82) is 0 Å².